The molecule has 1 rings (SSSR count). The van der Waals surface area contributed by atoms with Crippen molar-refractivity contribution in [1.29, 1.82) is 0 Å². The highest BCUT2D eigenvalue weighted by Gasteiger charge is 2.03. The third-order valence-corrected chi connectivity index (χ3v) is 2.18. The lowest BCUT2D eigenvalue weighted by atomic mass is 10.3. The first-order valence-corrected chi connectivity index (χ1v) is 4.88. The van der Waals surface area contributed by atoms with Gasteiger partial charge in [-0.25, -0.2) is 0 Å². The van der Waals surface area contributed by atoms with E-state index in [4.69, 9.17) is 23.2 Å². The van der Waals surface area contributed by atoms with E-state index in [1.807, 2.05) is 0 Å². The van der Waals surface area contributed by atoms with Crippen molar-refractivity contribution in [3.05, 3.63) is 28.2 Å². The number of hydrogen-bond donors (Lipinski definition) is 2. The number of carbonyl (C=O) groups excluding carboxylic acids is 1. The molecule has 2 nitrogen and oxygen atoms in total. The van der Waals surface area contributed by atoms with Crippen LogP contribution < -0.4 is 5.32 Å². The summed E-state index contributed by atoms with van der Waals surface area (Å²) in [4.78, 5) is 10.9. The normalized spacial score (nSPS) is 9.77. The Labute approximate surface area is 91.6 Å². The van der Waals surface area contributed by atoms with Gasteiger partial charge < -0.3 is 5.32 Å². The van der Waals surface area contributed by atoms with Crippen LogP contribution in [0.3, 0.4) is 0 Å². The molecule has 0 aliphatic carbocycles. The topological polar surface area (TPSA) is 29.1 Å². The summed E-state index contributed by atoms with van der Waals surface area (Å²) in [6.07, 6.45) is 0. The molecule has 0 aliphatic heterocycles. The van der Waals surface area contributed by atoms with Gasteiger partial charge in [0, 0.05) is 5.02 Å². The van der Waals surface area contributed by atoms with Gasteiger partial charge in [-0.15, -0.1) is 0 Å². The summed E-state index contributed by atoms with van der Waals surface area (Å²) in [5.41, 5.74) is 0.546. The molecule has 13 heavy (non-hydrogen) atoms. The monoisotopic (exact) mass is 235 g/mol. The van der Waals surface area contributed by atoms with Gasteiger partial charge in [0.05, 0.1) is 16.5 Å². The lowest BCUT2D eigenvalue weighted by molar-refractivity contribution is -0.113. The maximum atomic E-state index is 10.9. The van der Waals surface area contributed by atoms with Crippen LogP contribution in [0, 0.1) is 0 Å². The second kappa shape index (κ2) is 4.74. The Balaban J connectivity index is 2.83. The number of thiol groups is 1. The number of amides is 1. The van der Waals surface area contributed by atoms with Gasteiger partial charge >= 0.3 is 0 Å². The minimum atomic E-state index is -0.201. The predicted octanol–water partition coefficient (Wildman–Crippen LogP) is 2.86. The molecule has 0 unspecified atom stereocenters. The van der Waals surface area contributed by atoms with Gasteiger partial charge in [-0.3, -0.25) is 4.79 Å². The molecule has 0 aromatic heterocycles. The zero-order chi connectivity index (χ0) is 9.84. The standard InChI is InChI=1S/C8H7Cl2NOS/c9-5-1-2-7(6(10)3-5)11-8(12)4-13/h1-3,13H,4H2,(H,11,12). The third kappa shape index (κ3) is 3.10. The van der Waals surface area contributed by atoms with Crippen LogP contribution in [0.1, 0.15) is 0 Å². The minimum absolute atomic E-state index is 0.124. The zero-order valence-corrected chi connectivity index (χ0v) is 8.96. The second-order valence-corrected chi connectivity index (χ2v) is 3.49. The Kier molecular flexibility index (Phi) is 3.90. The fourth-order valence-electron chi connectivity index (χ4n) is 0.781. The molecule has 0 spiro atoms. The van der Waals surface area contributed by atoms with Gasteiger partial charge in [-0.2, -0.15) is 12.6 Å². The lowest BCUT2D eigenvalue weighted by Crippen LogP contribution is -2.12. The van der Waals surface area contributed by atoms with Crippen LogP contribution in [0.2, 0.25) is 10.0 Å². The van der Waals surface area contributed by atoms with Crippen LogP contribution in [-0.4, -0.2) is 11.7 Å². The van der Waals surface area contributed by atoms with E-state index in [2.05, 4.69) is 17.9 Å². The molecule has 0 radical (unpaired) electrons. The summed E-state index contributed by atoms with van der Waals surface area (Å²) in [5.74, 6) is -0.0774. The van der Waals surface area contributed by atoms with Gasteiger partial charge in [0.15, 0.2) is 0 Å². The average molecular weight is 236 g/mol. The van der Waals surface area contributed by atoms with Crippen molar-refractivity contribution in [2.24, 2.45) is 0 Å². The Morgan fingerprint density at radius 3 is 2.69 bits per heavy atom. The van der Waals surface area contributed by atoms with Gasteiger partial charge in [0.25, 0.3) is 0 Å². The van der Waals surface area contributed by atoms with Crippen LogP contribution in [0.15, 0.2) is 18.2 Å². The van der Waals surface area contributed by atoms with E-state index < -0.39 is 0 Å². The number of anilines is 1. The van der Waals surface area contributed by atoms with Gasteiger partial charge in [0.2, 0.25) is 5.91 Å². The van der Waals surface area contributed by atoms with Gasteiger partial charge in [-0.1, -0.05) is 23.2 Å². The van der Waals surface area contributed by atoms with Crippen LogP contribution in [0.4, 0.5) is 5.69 Å². The van der Waals surface area contributed by atoms with Crippen molar-refractivity contribution in [3.63, 3.8) is 0 Å². The fraction of sp³-hybridized carbons (Fsp3) is 0.125. The van der Waals surface area contributed by atoms with Gasteiger partial charge in [0.1, 0.15) is 0 Å². The Morgan fingerprint density at radius 2 is 2.15 bits per heavy atom. The molecule has 0 saturated carbocycles. The molecule has 1 aromatic carbocycles. The fourth-order valence-corrected chi connectivity index (χ4v) is 1.32. The second-order valence-electron chi connectivity index (χ2n) is 2.33. The number of hydrogen-bond acceptors (Lipinski definition) is 2. The summed E-state index contributed by atoms with van der Waals surface area (Å²) in [6, 6.07) is 4.87. The van der Waals surface area contributed by atoms with E-state index in [-0.39, 0.29) is 11.7 Å². The van der Waals surface area contributed by atoms with Crippen molar-refractivity contribution in [1.82, 2.24) is 0 Å². The molecule has 0 saturated heterocycles. The van der Waals surface area contributed by atoms with E-state index in [9.17, 15) is 4.79 Å². The van der Waals surface area contributed by atoms with E-state index in [0.29, 0.717) is 15.7 Å². The van der Waals surface area contributed by atoms with E-state index >= 15 is 0 Å². The summed E-state index contributed by atoms with van der Waals surface area (Å²) >= 11 is 15.3. The zero-order valence-electron chi connectivity index (χ0n) is 6.55. The Hall–Kier alpha value is -0.380. The molecular weight excluding hydrogens is 229 g/mol. The van der Waals surface area contributed by atoms with E-state index in [1.165, 1.54) is 0 Å². The molecule has 0 fully saturated rings. The van der Waals surface area contributed by atoms with Crippen molar-refractivity contribution in [2.45, 2.75) is 0 Å². The molecule has 5 heteroatoms. The van der Waals surface area contributed by atoms with Gasteiger partial charge in [-0.05, 0) is 18.2 Å². The summed E-state index contributed by atoms with van der Waals surface area (Å²) in [6.45, 7) is 0. The Morgan fingerprint density at radius 1 is 1.46 bits per heavy atom. The summed E-state index contributed by atoms with van der Waals surface area (Å²) in [5, 5.41) is 3.54. The number of benzene rings is 1. The number of carbonyl (C=O) groups is 1. The van der Waals surface area contributed by atoms with E-state index in [1.54, 1.807) is 18.2 Å². The molecule has 0 bridgehead atoms. The summed E-state index contributed by atoms with van der Waals surface area (Å²) < 4.78 is 0. The highest BCUT2D eigenvalue weighted by atomic mass is 35.5. The number of rotatable bonds is 2. The van der Waals surface area contributed by atoms with Crippen LogP contribution >= 0.6 is 35.8 Å². The first-order valence-electron chi connectivity index (χ1n) is 3.49. The maximum Gasteiger partial charge on any atom is 0.234 e. The predicted molar refractivity (Wildman–Crippen MR) is 58.9 cm³/mol. The molecule has 70 valence electrons. The molecule has 0 atom stereocenters. The smallest absolute Gasteiger partial charge is 0.234 e. The molecule has 1 N–H and O–H groups in total. The minimum Gasteiger partial charge on any atom is -0.324 e. The maximum absolute atomic E-state index is 10.9. The van der Waals surface area contributed by atoms with Crippen molar-refractivity contribution in [2.75, 3.05) is 11.1 Å². The Bertz CT molecular complexity index is 330. The summed E-state index contributed by atoms with van der Waals surface area (Å²) in [7, 11) is 0. The molecule has 0 aliphatic rings. The lowest BCUT2D eigenvalue weighted by Gasteiger charge is -2.05. The number of halogens is 2. The third-order valence-electron chi connectivity index (χ3n) is 1.35. The van der Waals surface area contributed by atoms with E-state index in [0.717, 1.165) is 0 Å². The first kappa shape index (κ1) is 10.7. The molecular formula is C8H7Cl2NOS. The van der Waals surface area contributed by atoms with Crippen LogP contribution in [0.25, 0.3) is 0 Å². The van der Waals surface area contributed by atoms with Crippen molar-refractivity contribution < 1.29 is 4.79 Å². The first-order chi connectivity index (χ1) is 6.13. The quantitative estimate of drug-likeness (QED) is 0.759. The van der Waals surface area contributed by atoms with Crippen LogP contribution in [-0.2, 0) is 4.79 Å². The highest BCUT2D eigenvalue weighted by molar-refractivity contribution is 7.81. The molecule has 0 heterocycles. The average Bonchev–Trinajstić information content (AvgIpc) is 2.09. The van der Waals surface area contributed by atoms with Crippen molar-refractivity contribution in [3.8, 4) is 0 Å². The molecule has 1 aromatic rings. The highest BCUT2D eigenvalue weighted by Crippen LogP contribution is 2.25. The SMILES string of the molecule is O=C(CS)Nc1ccc(Cl)cc1Cl. The largest absolute Gasteiger partial charge is 0.324 e. The van der Waals surface area contributed by atoms with Crippen LogP contribution in [0.5, 0.6) is 0 Å². The van der Waals surface area contributed by atoms with Crippen molar-refractivity contribution >= 4 is 47.4 Å². The molecule has 1 amide bonds. The number of nitrogens with one attached hydrogen (secondary N) is 1.